The van der Waals surface area contributed by atoms with Crippen molar-refractivity contribution in [1.82, 2.24) is 15.0 Å². The second-order valence-electron chi connectivity index (χ2n) is 4.53. The molecule has 8 heteroatoms. The van der Waals surface area contributed by atoms with E-state index in [0.717, 1.165) is 16.9 Å². The van der Waals surface area contributed by atoms with E-state index in [0.29, 0.717) is 12.3 Å². The molecule has 1 aromatic carbocycles. The molecule has 8 nitrogen and oxygen atoms in total. The van der Waals surface area contributed by atoms with Gasteiger partial charge in [-0.15, -0.1) is 5.10 Å². The Morgan fingerprint density at radius 1 is 1.32 bits per heavy atom. The molecule has 1 heterocycles. The lowest BCUT2D eigenvalue weighted by Gasteiger charge is -2.07. The van der Waals surface area contributed by atoms with Crippen molar-refractivity contribution in [3.63, 3.8) is 0 Å². The summed E-state index contributed by atoms with van der Waals surface area (Å²) < 4.78 is 6.61. The summed E-state index contributed by atoms with van der Waals surface area (Å²) in [6, 6.07) is 6.99. The fourth-order valence-corrected chi connectivity index (χ4v) is 1.68. The lowest BCUT2D eigenvalue weighted by Crippen LogP contribution is -2.19. The Kier molecular flexibility index (Phi) is 5.07. The van der Waals surface area contributed by atoms with E-state index >= 15 is 0 Å². The van der Waals surface area contributed by atoms with Gasteiger partial charge in [-0.05, 0) is 30.7 Å². The molecular formula is C14H16N4O4. The summed E-state index contributed by atoms with van der Waals surface area (Å²) in [5.41, 5.74) is 0.414. The SMILES string of the molecule is CCCOc1ccc(NC(=O)Cn2cc(C(=O)O)nn2)cc1. The minimum Gasteiger partial charge on any atom is -0.494 e. The Labute approximate surface area is 126 Å². The molecule has 0 atom stereocenters. The summed E-state index contributed by atoms with van der Waals surface area (Å²) in [5, 5.41) is 18.4. The zero-order chi connectivity index (χ0) is 15.9. The molecule has 0 saturated carbocycles. The Morgan fingerprint density at radius 3 is 2.64 bits per heavy atom. The first-order chi connectivity index (χ1) is 10.6. The molecule has 1 amide bonds. The fraction of sp³-hybridized carbons (Fsp3) is 0.286. The van der Waals surface area contributed by atoms with E-state index in [2.05, 4.69) is 15.6 Å². The molecule has 0 aliphatic carbocycles. The van der Waals surface area contributed by atoms with Gasteiger partial charge in [-0.25, -0.2) is 9.48 Å². The molecule has 0 unspecified atom stereocenters. The number of ether oxygens (including phenoxy) is 1. The smallest absolute Gasteiger partial charge is 0.358 e. The quantitative estimate of drug-likeness (QED) is 0.801. The Bertz CT molecular complexity index is 651. The first-order valence-electron chi connectivity index (χ1n) is 6.74. The number of rotatable bonds is 7. The van der Waals surface area contributed by atoms with Crippen LogP contribution in [0.2, 0.25) is 0 Å². The molecule has 0 aliphatic heterocycles. The van der Waals surface area contributed by atoms with Gasteiger partial charge in [0.1, 0.15) is 12.3 Å². The molecule has 2 rings (SSSR count). The molecule has 0 saturated heterocycles. The van der Waals surface area contributed by atoms with Gasteiger partial charge >= 0.3 is 5.97 Å². The highest BCUT2D eigenvalue weighted by molar-refractivity contribution is 5.90. The van der Waals surface area contributed by atoms with Crippen LogP contribution in [-0.4, -0.2) is 38.6 Å². The van der Waals surface area contributed by atoms with Crippen LogP contribution in [0.5, 0.6) is 5.75 Å². The van der Waals surface area contributed by atoms with Crippen LogP contribution in [0.25, 0.3) is 0 Å². The molecular weight excluding hydrogens is 288 g/mol. The molecule has 0 spiro atoms. The zero-order valence-electron chi connectivity index (χ0n) is 12.0. The standard InChI is InChI=1S/C14H16N4O4/c1-2-7-22-11-5-3-10(4-6-11)15-13(19)9-18-8-12(14(20)21)16-17-18/h3-6,8H,2,7,9H2,1H3,(H,15,19)(H,20,21). The largest absolute Gasteiger partial charge is 0.494 e. The summed E-state index contributed by atoms with van der Waals surface area (Å²) >= 11 is 0. The molecule has 2 N–H and O–H groups in total. The number of carbonyl (C=O) groups excluding carboxylic acids is 1. The van der Waals surface area contributed by atoms with Gasteiger partial charge in [0.05, 0.1) is 12.8 Å². The predicted octanol–water partition coefficient (Wildman–Crippen LogP) is 1.40. The number of aromatic carboxylic acids is 1. The second kappa shape index (κ2) is 7.21. The van der Waals surface area contributed by atoms with E-state index in [9.17, 15) is 9.59 Å². The monoisotopic (exact) mass is 304 g/mol. The van der Waals surface area contributed by atoms with Gasteiger partial charge in [-0.3, -0.25) is 4.79 Å². The second-order valence-corrected chi connectivity index (χ2v) is 4.53. The van der Waals surface area contributed by atoms with Crippen molar-refractivity contribution in [2.75, 3.05) is 11.9 Å². The number of anilines is 1. The third-order valence-electron chi connectivity index (χ3n) is 2.67. The lowest BCUT2D eigenvalue weighted by molar-refractivity contribution is -0.116. The Morgan fingerprint density at radius 2 is 2.05 bits per heavy atom. The summed E-state index contributed by atoms with van der Waals surface area (Å²) in [6.45, 7) is 2.55. The summed E-state index contributed by atoms with van der Waals surface area (Å²) in [7, 11) is 0. The molecule has 0 fully saturated rings. The van der Waals surface area contributed by atoms with Gasteiger partial charge in [-0.2, -0.15) is 0 Å². The van der Waals surface area contributed by atoms with E-state index in [1.165, 1.54) is 6.20 Å². The van der Waals surface area contributed by atoms with Crippen LogP contribution in [0.4, 0.5) is 5.69 Å². The van der Waals surface area contributed by atoms with Gasteiger partial charge in [0.25, 0.3) is 0 Å². The number of nitrogens with one attached hydrogen (secondary N) is 1. The van der Waals surface area contributed by atoms with E-state index in [4.69, 9.17) is 9.84 Å². The number of nitrogens with zero attached hydrogens (tertiary/aromatic N) is 3. The van der Waals surface area contributed by atoms with E-state index in [-0.39, 0.29) is 18.1 Å². The maximum Gasteiger partial charge on any atom is 0.358 e. The first-order valence-corrected chi connectivity index (χ1v) is 6.74. The highest BCUT2D eigenvalue weighted by Crippen LogP contribution is 2.15. The normalized spacial score (nSPS) is 10.2. The number of aromatic nitrogens is 3. The lowest BCUT2D eigenvalue weighted by atomic mass is 10.3. The van der Waals surface area contributed by atoms with Gasteiger partial charge in [0, 0.05) is 5.69 Å². The highest BCUT2D eigenvalue weighted by atomic mass is 16.5. The molecule has 0 radical (unpaired) electrons. The van der Waals surface area contributed by atoms with Crippen LogP contribution in [0.1, 0.15) is 23.8 Å². The van der Waals surface area contributed by atoms with E-state index in [1.54, 1.807) is 24.3 Å². The average Bonchev–Trinajstić information content (AvgIpc) is 2.95. The number of amides is 1. The van der Waals surface area contributed by atoms with Gasteiger partial charge < -0.3 is 15.2 Å². The Balaban J connectivity index is 1.89. The van der Waals surface area contributed by atoms with Crippen molar-refractivity contribution in [3.05, 3.63) is 36.2 Å². The molecule has 1 aromatic heterocycles. The molecule has 22 heavy (non-hydrogen) atoms. The number of carboxylic acid groups (broad SMARTS) is 1. The topological polar surface area (TPSA) is 106 Å². The van der Waals surface area contributed by atoms with Gasteiger partial charge in [0.15, 0.2) is 5.69 Å². The van der Waals surface area contributed by atoms with Gasteiger partial charge in [-0.1, -0.05) is 12.1 Å². The van der Waals surface area contributed by atoms with Crippen LogP contribution < -0.4 is 10.1 Å². The van der Waals surface area contributed by atoms with Crippen molar-refractivity contribution in [3.8, 4) is 5.75 Å². The summed E-state index contributed by atoms with van der Waals surface area (Å²) in [6.07, 6.45) is 2.12. The zero-order valence-corrected chi connectivity index (χ0v) is 12.0. The maximum absolute atomic E-state index is 11.8. The van der Waals surface area contributed by atoms with Crippen LogP contribution in [0.15, 0.2) is 30.5 Å². The van der Waals surface area contributed by atoms with Crippen LogP contribution in [-0.2, 0) is 11.3 Å². The van der Waals surface area contributed by atoms with E-state index in [1.807, 2.05) is 6.92 Å². The number of carboxylic acids is 1. The number of hydrogen-bond donors (Lipinski definition) is 2. The van der Waals surface area contributed by atoms with Crippen LogP contribution in [0, 0.1) is 0 Å². The molecule has 2 aromatic rings. The maximum atomic E-state index is 11.8. The number of hydrogen-bond acceptors (Lipinski definition) is 5. The van der Waals surface area contributed by atoms with E-state index < -0.39 is 5.97 Å². The summed E-state index contributed by atoms with van der Waals surface area (Å²) in [5.74, 6) is -0.777. The van der Waals surface area contributed by atoms with Crippen LogP contribution >= 0.6 is 0 Å². The number of benzene rings is 1. The number of carbonyl (C=O) groups is 2. The predicted molar refractivity (Wildman–Crippen MR) is 77.8 cm³/mol. The molecule has 0 aliphatic rings. The van der Waals surface area contributed by atoms with Crippen molar-refractivity contribution < 1.29 is 19.4 Å². The first kappa shape index (κ1) is 15.5. The van der Waals surface area contributed by atoms with Crippen molar-refractivity contribution in [2.45, 2.75) is 19.9 Å². The Hall–Kier alpha value is -2.90. The third kappa shape index (κ3) is 4.30. The van der Waals surface area contributed by atoms with Crippen molar-refractivity contribution >= 4 is 17.6 Å². The van der Waals surface area contributed by atoms with Crippen LogP contribution in [0.3, 0.4) is 0 Å². The fourth-order valence-electron chi connectivity index (χ4n) is 1.68. The average molecular weight is 304 g/mol. The third-order valence-corrected chi connectivity index (χ3v) is 2.67. The minimum absolute atomic E-state index is 0.117. The highest BCUT2D eigenvalue weighted by Gasteiger charge is 2.10. The molecule has 116 valence electrons. The minimum atomic E-state index is -1.19. The van der Waals surface area contributed by atoms with Gasteiger partial charge in [0.2, 0.25) is 5.91 Å². The summed E-state index contributed by atoms with van der Waals surface area (Å²) in [4.78, 5) is 22.5. The van der Waals surface area contributed by atoms with Crippen molar-refractivity contribution in [1.29, 1.82) is 0 Å². The molecule has 0 bridgehead atoms. The van der Waals surface area contributed by atoms with Crippen molar-refractivity contribution in [2.24, 2.45) is 0 Å².